The van der Waals surface area contributed by atoms with Crippen LogP contribution in [-0.4, -0.2) is 19.9 Å². The average molecular weight is 339 g/mol. The van der Waals surface area contributed by atoms with Crippen molar-refractivity contribution in [2.45, 2.75) is 46.3 Å². The zero-order valence-corrected chi connectivity index (χ0v) is 14.5. The molecule has 0 bridgehead atoms. The summed E-state index contributed by atoms with van der Waals surface area (Å²) < 4.78 is 5.23. The molecule has 0 fully saturated rings. The molecule has 0 aliphatic rings. The van der Waals surface area contributed by atoms with Gasteiger partial charge in [0.05, 0.1) is 22.4 Å². The largest absolute Gasteiger partial charge is 0.348 e. The fourth-order valence-electron chi connectivity index (χ4n) is 2.09. The first-order valence-corrected chi connectivity index (χ1v) is 7.63. The Morgan fingerprint density at radius 3 is 2.60 bits per heavy atom. The molecule has 4 nitrogen and oxygen atoms in total. The lowest BCUT2D eigenvalue weighted by atomic mass is 10.1. The molecule has 2 aromatic rings. The van der Waals surface area contributed by atoms with Crippen molar-refractivity contribution in [3.05, 3.63) is 39.9 Å². The number of halogens is 1. The van der Waals surface area contributed by atoms with Gasteiger partial charge in [-0.3, -0.25) is 4.68 Å². The lowest BCUT2D eigenvalue weighted by molar-refractivity contribution is 0.424. The standard InChI is InChI=1S/C15H23BrN4/c1-11-14(16)13(19(5)18-11)10-20-7-6-12(9-20)8-17-15(2,3)4/h6-7,9,17H,8,10H2,1-5H3. The average Bonchev–Trinajstić information content (AvgIpc) is 2.87. The van der Waals surface area contributed by atoms with Gasteiger partial charge in [-0.15, -0.1) is 0 Å². The molecule has 0 radical (unpaired) electrons. The summed E-state index contributed by atoms with van der Waals surface area (Å²) >= 11 is 3.61. The van der Waals surface area contributed by atoms with E-state index in [0.717, 1.165) is 23.3 Å². The molecule has 5 heteroatoms. The summed E-state index contributed by atoms with van der Waals surface area (Å²) in [7, 11) is 1.98. The first-order valence-electron chi connectivity index (χ1n) is 6.84. The van der Waals surface area contributed by atoms with Gasteiger partial charge in [0.2, 0.25) is 0 Å². The van der Waals surface area contributed by atoms with Gasteiger partial charge in [-0.1, -0.05) is 0 Å². The SMILES string of the molecule is Cc1nn(C)c(Cn2ccc(CNC(C)(C)C)c2)c1Br. The zero-order valence-electron chi connectivity index (χ0n) is 12.9. The number of nitrogens with zero attached hydrogens (tertiary/aromatic N) is 3. The maximum atomic E-state index is 4.43. The summed E-state index contributed by atoms with van der Waals surface area (Å²) in [6, 6.07) is 2.16. The Morgan fingerprint density at radius 1 is 1.35 bits per heavy atom. The van der Waals surface area contributed by atoms with Crippen molar-refractivity contribution in [3.8, 4) is 0 Å². The predicted octanol–water partition coefficient (Wildman–Crippen LogP) is 3.23. The van der Waals surface area contributed by atoms with E-state index in [1.807, 2.05) is 18.7 Å². The van der Waals surface area contributed by atoms with Gasteiger partial charge >= 0.3 is 0 Å². The number of aromatic nitrogens is 3. The van der Waals surface area contributed by atoms with Crippen molar-refractivity contribution < 1.29 is 0 Å². The second kappa shape index (κ2) is 5.74. The predicted molar refractivity (Wildman–Crippen MR) is 85.8 cm³/mol. The number of hydrogen-bond donors (Lipinski definition) is 1. The molecule has 0 aliphatic carbocycles. The molecular weight excluding hydrogens is 316 g/mol. The summed E-state index contributed by atoms with van der Waals surface area (Å²) in [6.45, 7) is 10.3. The van der Waals surface area contributed by atoms with E-state index in [4.69, 9.17) is 0 Å². The van der Waals surface area contributed by atoms with Crippen molar-refractivity contribution in [2.75, 3.05) is 0 Å². The molecule has 0 amide bonds. The zero-order chi connectivity index (χ0) is 14.9. The normalized spacial score (nSPS) is 12.1. The first-order chi connectivity index (χ1) is 9.26. The number of rotatable bonds is 4. The minimum atomic E-state index is 0.143. The third-order valence-corrected chi connectivity index (χ3v) is 4.26. The fraction of sp³-hybridized carbons (Fsp3) is 0.533. The van der Waals surface area contributed by atoms with E-state index in [1.165, 1.54) is 11.3 Å². The van der Waals surface area contributed by atoms with Gasteiger partial charge in [-0.2, -0.15) is 5.10 Å². The quantitative estimate of drug-likeness (QED) is 0.928. The van der Waals surface area contributed by atoms with E-state index in [0.29, 0.717) is 0 Å². The van der Waals surface area contributed by atoms with Crippen LogP contribution in [0.1, 0.15) is 37.7 Å². The Labute approximate surface area is 129 Å². The molecule has 2 rings (SSSR count). The van der Waals surface area contributed by atoms with Crippen LogP contribution in [0, 0.1) is 6.92 Å². The summed E-state index contributed by atoms with van der Waals surface area (Å²) in [4.78, 5) is 0. The van der Waals surface area contributed by atoms with Crippen molar-refractivity contribution in [1.82, 2.24) is 19.7 Å². The van der Waals surface area contributed by atoms with Crippen LogP contribution in [0.15, 0.2) is 22.9 Å². The minimum Gasteiger partial charge on any atom is -0.348 e. The molecule has 0 atom stereocenters. The van der Waals surface area contributed by atoms with Gasteiger partial charge in [0.15, 0.2) is 0 Å². The van der Waals surface area contributed by atoms with E-state index in [9.17, 15) is 0 Å². The molecule has 110 valence electrons. The van der Waals surface area contributed by atoms with Crippen molar-refractivity contribution >= 4 is 15.9 Å². The maximum absolute atomic E-state index is 4.43. The van der Waals surface area contributed by atoms with Gasteiger partial charge in [0.1, 0.15) is 0 Å². The number of nitrogens with one attached hydrogen (secondary N) is 1. The van der Waals surface area contributed by atoms with E-state index < -0.39 is 0 Å². The topological polar surface area (TPSA) is 34.8 Å². The lowest BCUT2D eigenvalue weighted by Crippen LogP contribution is -2.34. The van der Waals surface area contributed by atoms with Crippen molar-refractivity contribution in [1.29, 1.82) is 0 Å². The third kappa shape index (κ3) is 3.73. The van der Waals surface area contributed by atoms with Gasteiger partial charge in [-0.25, -0.2) is 0 Å². The molecule has 20 heavy (non-hydrogen) atoms. The highest BCUT2D eigenvalue weighted by Crippen LogP contribution is 2.21. The summed E-state index contributed by atoms with van der Waals surface area (Å²) in [5, 5.41) is 7.93. The molecular formula is C15H23BrN4. The van der Waals surface area contributed by atoms with Gasteiger partial charge in [0, 0.05) is 31.5 Å². The molecule has 0 spiro atoms. The van der Waals surface area contributed by atoms with Crippen LogP contribution < -0.4 is 5.32 Å². The molecule has 1 N–H and O–H groups in total. The highest BCUT2D eigenvalue weighted by Gasteiger charge is 2.12. The monoisotopic (exact) mass is 338 g/mol. The Bertz CT molecular complexity index is 590. The van der Waals surface area contributed by atoms with Crippen molar-refractivity contribution in [2.24, 2.45) is 7.05 Å². The number of aryl methyl sites for hydroxylation is 2. The molecule has 2 aromatic heterocycles. The minimum absolute atomic E-state index is 0.143. The summed E-state index contributed by atoms with van der Waals surface area (Å²) in [5.74, 6) is 0. The Hall–Kier alpha value is -1.07. The summed E-state index contributed by atoms with van der Waals surface area (Å²) in [5.41, 5.74) is 3.66. The van der Waals surface area contributed by atoms with E-state index in [1.54, 1.807) is 0 Å². The number of hydrogen-bond acceptors (Lipinski definition) is 2. The molecule has 0 saturated carbocycles. The van der Waals surface area contributed by atoms with Crippen LogP contribution in [0.4, 0.5) is 0 Å². The molecule has 0 aliphatic heterocycles. The summed E-state index contributed by atoms with van der Waals surface area (Å²) in [6.07, 6.45) is 4.31. The van der Waals surface area contributed by atoms with E-state index in [-0.39, 0.29) is 5.54 Å². The first kappa shape index (κ1) is 15.3. The third-order valence-electron chi connectivity index (χ3n) is 3.23. The van der Waals surface area contributed by atoms with Gasteiger partial charge in [-0.05, 0) is 55.3 Å². The van der Waals surface area contributed by atoms with Crippen LogP contribution in [0.2, 0.25) is 0 Å². The van der Waals surface area contributed by atoms with E-state index >= 15 is 0 Å². The highest BCUT2D eigenvalue weighted by atomic mass is 79.9. The Kier molecular flexibility index (Phi) is 4.39. The van der Waals surface area contributed by atoms with E-state index in [2.05, 4.69) is 70.1 Å². The molecule has 0 saturated heterocycles. The second-order valence-electron chi connectivity index (χ2n) is 6.27. The maximum Gasteiger partial charge on any atom is 0.0739 e. The van der Waals surface area contributed by atoms with Crippen LogP contribution in [0.25, 0.3) is 0 Å². The fourth-order valence-corrected chi connectivity index (χ4v) is 2.55. The smallest absolute Gasteiger partial charge is 0.0739 e. The van der Waals surface area contributed by atoms with Crippen LogP contribution >= 0.6 is 15.9 Å². The molecule has 0 unspecified atom stereocenters. The van der Waals surface area contributed by atoms with Gasteiger partial charge in [0.25, 0.3) is 0 Å². The van der Waals surface area contributed by atoms with Crippen LogP contribution in [0.5, 0.6) is 0 Å². The Balaban J connectivity index is 2.06. The highest BCUT2D eigenvalue weighted by molar-refractivity contribution is 9.10. The Morgan fingerprint density at radius 2 is 2.05 bits per heavy atom. The molecule has 2 heterocycles. The second-order valence-corrected chi connectivity index (χ2v) is 7.06. The lowest BCUT2D eigenvalue weighted by Gasteiger charge is -2.19. The molecule has 0 aromatic carbocycles. The van der Waals surface area contributed by atoms with Crippen LogP contribution in [-0.2, 0) is 20.1 Å². The van der Waals surface area contributed by atoms with Crippen LogP contribution in [0.3, 0.4) is 0 Å². The van der Waals surface area contributed by atoms with Gasteiger partial charge < -0.3 is 9.88 Å². The van der Waals surface area contributed by atoms with Crippen molar-refractivity contribution in [3.63, 3.8) is 0 Å².